The second kappa shape index (κ2) is 8.51. The van der Waals surface area contributed by atoms with E-state index in [2.05, 4.69) is 17.1 Å². The number of nitrogens with one attached hydrogen (secondary N) is 1. The first-order chi connectivity index (χ1) is 8.27. The molecule has 0 aromatic rings. The SMILES string of the molecule is CCCN(CC1CCCCC1)C(=O)CCNC. The maximum atomic E-state index is 12.1. The van der Waals surface area contributed by atoms with Crippen LogP contribution in [0, 0.1) is 5.92 Å². The molecule has 3 heteroatoms. The Kier molecular flexibility index (Phi) is 7.25. The minimum Gasteiger partial charge on any atom is -0.342 e. The Labute approximate surface area is 106 Å². The van der Waals surface area contributed by atoms with Crippen molar-refractivity contribution in [3.8, 4) is 0 Å². The van der Waals surface area contributed by atoms with Crippen LogP contribution in [0.2, 0.25) is 0 Å². The Balaban J connectivity index is 2.37. The van der Waals surface area contributed by atoms with Gasteiger partial charge in [-0.1, -0.05) is 26.2 Å². The number of carbonyl (C=O) groups excluding carboxylic acids is 1. The summed E-state index contributed by atoms with van der Waals surface area (Å²) in [4.78, 5) is 14.1. The molecule has 1 N–H and O–H groups in total. The first kappa shape index (κ1) is 14.5. The molecule has 0 aliphatic heterocycles. The standard InChI is InChI=1S/C14H28N2O/c1-3-11-16(14(17)9-10-15-2)12-13-7-5-4-6-8-13/h13,15H,3-12H2,1-2H3. The number of rotatable bonds is 7. The summed E-state index contributed by atoms with van der Waals surface area (Å²) in [6.07, 6.45) is 8.45. The van der Waals surface area contributed by atoms with Crippen molar-refractivity contribution in [2.45, 2.75) is 51.9 Å². The zero-order chi connectivity index (χ0) is 12.5. The minimum atomic E-state index is 0.326. The van der Waals surface area contributed by atoms with Gasteiger partial charge in [0, 0.05) is 26.1 Å². The fourth-order valence-corrected chi connectivity index (χ4v) is 2.66. The van der Waals surface area contributed by atoms with Crippen LogP contribution in [0.15, 0.2) is 0 Å². The second-order valence-corrected chi connectivity index (χ2v) is 5.20. The number of hydrogen-bond acceptors (Lipinski definition) is 2. The molecule has 0 aromatic carbocycles. The molecule has 0 saturated heterocycles. The number of amides is 1. The molecule has 0 radical (unpaired) electrons. The first-order valence-corrected chi connectivity index (χ1v) is 7.20. The third-order valence-corrected chi connectivity index (χ3v) is 3.64. The van der Waals surface area contributed by atoms with Crippen LogP contribution < -0.4 is 5.32 Å². The molecule has 1 aliphatic carbocycles. The Bertz CT molecular complexity index is 212. The summed E-state index contributed by atoms with van der Waals surface area (Å²) in [6.45, 7) is 4.87. The largest absolute Gasteiger partial charge is 0.342 e. The highest BCUT2D eigenvalue weighted by Gasteiger charge is 2.19. The van der Waals surface area contributed by atoms with E-state index >= 15 is 0 Å². The molecule has 17 heavy (non-hydrogen) atoms. The Morgan fingerprint density at radius 2 is 2.00 bits per heavy atom. The second-order valence-electron chi connectivity index (χ2n) is 5.20. The molecule has 0 spiro atoms. The van der Waals surface area contributed by atoms with E-state index in [0.717, 1.165) is 32.0 Å². The maximum absolute atomic E-state index is 12.1. The van der Waals surface area contributed by atoms with Crippen molar-refractivity contribution >= 4 is 5.91 Å². The number of hydrogen-bond donors (Lipinski definition) is 1. The van der Waals surface area contributed by atoms with Gasteiger partial charge in [-0.2, -0.15) is 0 Å². The number of carbonyl (C=O) groups is 1. The lowest BCUT2D eigenvalue weighted by atomic mass is 9.89. The molecule has 1 rings (SSSR count). The van der Waals surface area contributed by atoms with E-state index in [1.54, 1.807) is 0 Å². The summed E-state index contributed by atoms with van der Waals surface area (Å²) < 4.78 is 0. The molecule has 0 aromatic heterocycles. The lowest BCUT2D eigenvalue weighted by Crippen LogP contribution is -2.37. The molecule has 3 nitrogen and oxygen atoms in total. The summed E-state index contributed by atoms with van der Waals surface area (Å²) in [5, 5.41) is 3.05. The normalized spacial score (nSPS) is 17.1. The lowest BCUT2D eigenvalue weighted by Gasteiger charge is -2.29. The van der Waals surface area contributed by atoms with Crippen molar-refractivity contribution in [2.75, 3.05) is 26.7 Å². The van der Waals surface area contributed by atoms with E-state index in [1.807, 2.05) is 7.05 Å². The Morgan fingerprint density at radius 1 is 1.29 bits per heavy atom. The average molecular weight is 240 g/mol. The van der Waals surface area contributed by atoms with Gasteiger partial charge in [-0.05, 0) is 32.2 Å². The minimum absolute atomic E-state index is 0.326. The van der Waals surface area contributed by atoms with Gasteiger partial charge in [-0.3, -0.25) is 4.79 Å². The molecule has 1 fully saturated rings. The molecule has 1 aliphatic rings. The van der Waals surface area contributed by atoms with Crippen molar-refractivity contribution in [1.29, 1.82) is 0 Å². The zero-order valence-electron chi connectivity index (χ0n) is 11.5. The van der Waals surface area contributed by atoms with E-state index in [1.165, 1.54) is 32.1 Å². The van der Waals surface area contributed by atoms with Crippen LogP contribution in [0.4, 0.5) is 0 Å². The van der Waals surface area contributed by atoms with Crippen LogP contribution in [0.3, 0.4) is 0 Å². The molecule has 0 atom stereocenters. The van der Waals surface area contributed by atoms with Gasteiger partial charge in [-0.25, -0.2) is 0 Å². The van der Waals surface area contributed by atoms with Crippen LogP contribution in [0.5, 0.6) is 0 Å². The maximum Gasteiger partial charge on any atom is 0.223 e. The van der Waals surface area contributed by atoms with Crippen molar-refractivity contribution in [3.05, 3.63) is 0 Å². The van der Waals surface area contributed by atoms with Gasteiger partial charge < -0.3 is 10.2 Å². The third-order valence-electron chi connectivity index (χ3n) is 3.64. The van der Waals surface area contributed by atoms with Gasteiger partial charge >= 0.3 is 0 Å². The van der Waals surface area contributed by atoms with Gasteiger partial charge in [0.15, 0.2) is 0 Å². The van der Waals surface area contributed by atoms with Crippen LogP contribution in [-0.4, -0.2) is 37.5 Å². The van der Waals surface area contributed by atoms with Gasteiger partial charge in [0.05, 0.1) is 0 Å². The summed E-state index contributed by atoms with van der Waals surface area (Å²) in [5.41, 5.74) is 0. The van der Waals surface area contributed by atoms with Crippen molar-refractivity contribution in [3.63, 3.8) is 0 Å². The fourth-order valence-electron chi connectivity index (χ4n) is 2.66. The van der Waals surface area contributed by atoms with Crippen LogP contribution in [-0.2, 0) is 4.79 Å². The lowest BCUT2D eigenvalue weighted by molar-refractivity contribution is -0.131. The van der Waals surface area contributed by atoms with Crippen LogP contribution >= 0.6 is 0 Å². The van der Waals surface area contributed by atoms with E-state index in [-0.39, 0.29) is 0 Å². The summed E-state index contributed by atoms with van der Waals surface area (Å²) in [5.74, 6) is 1.08. The van der Waals surface area contributed by atoms with Gasteiger partial charge in [-0.15, -0.1) is 0 Å². The Hall–Kier alpha value is -0.570. The van der Waals surface area contributed by atoms with Crippen molar-refractivity contribution < 1.29 is 4.79 Å². The van der Waals surface area contributed by atoms with Crippen LogP contribution in [0.25, 0.3) is 0 Å². The molecule has 100 valence electrons. The molecule has 1 amide bonds. The van der Waals surface area contributed by atoms with E-state index in [0.29, 0.717) is 12.3 Å². The summed E-state index contributed by atoms with van der Waals surface area (Å²) in [7, 11) is 1.90. The summed E-state index contributed by atoms with van der Waals surface area (Å²) >= 11 is 0. The molecule has 0 bridgehead atoms. The van der Waals surface area contributed by atoms with Crippen LogP contribution in [0.1, 0.15) is 51.9 Å². The van der Waals surface area contributed by atoms with E-state index in [4.69, 9.17) is 0 Å². The van der Waals surface area contributed by atoms with Gasteiger partial charge in [0.1, 0.15) is 0 Å². The molecular weight excluding hydrogens is 212 g/mol. The molecular formula is C14H28N2O. The molecule has 0 heterocycles. The van der Waals surface area contributed by atoms with E-state index < -0.39 is 0 Å². The van der Waals surface area contributed by atoms with Crippen molar-refractivity contribution in [1.82, 2.24) is 10.2 Å². The fraction of sp³-hybridized carbons (Fsp3) is 0.929. The monoisotopic (exact) mass is 240 g/mol. The number of nitrogens with zero attached hydrogens (tertiary/aromatic N) is 1. The molecule has 1 saturated carbocycles. The third kappa shape index (κ3) is 5.53. The molecule has 0 unspecified atom stereocenters. The van der Waals surface area contributed by atoms with Gasteiger partial charge in [0.25, 0.3) is 0 Å². The smallest absolute Gasteiger partial charge is 0.223 e. The Morgan fingerprint density at radius 3 is 2.59 bits per heavy atom. The highest BCUT2D eigenvalue weighted by molar-refractivity contribution is 5.76. The first-order valence-electron chi connectivity index (χ1n) is 7.20. The highest BCUT2D eigenvalue weighted by atomic mass is 16.2. The average Bonchev–Trinajstić information content (AvgIpc) is 2.36. The van der Waals surface area contributed by atoms with Gasteiger partial charge in [0.2, 0.25) is 5.91 Å². The highest BCUT2D eigenvalue weighted by Crippen LogP contribution is 2.24. The quantitative estimate of drug-likeness (QED) is 0.741. The predicted octanol–water partition coefficient (Wildman–Crippen LogP) is 2.41. The topological polar surface area (TPSA) is 32.3 Å². The van der Waals surface area contributed by atoms with E-state index in [9.17, 15) is 4.79 Å². The summed E-state index contributed by atoms with van der Waals surface area (Å²) in [6, 6.07) is 0. The van der Waals surface area contributed by atoms with Crippen molar-refractivity contribution in [2.24, 2.45) is 5.92 Å². The zero-order valence-corrected chi connectivity index (χ0v) is 11.5. The predicted molar refractivity (Wildman–Crippen MR) is 72.0 cm³/mol.